The molecule has 0 bridgehead atoms. The van der Waals surface area contributed by atoms with Crippen LogP contribution in [0.2, 0.25) is 0 Å². The van der Waals surface area contributed by atoms with Crippen LogP contribution >= 0.6 is 0 Å². The van der Waals surface area contributed by atoms with Crippen LogP contribution < -0.4 is 14.2 Å². The predicted octanol–water partition coefficient (Wildman–Crippen LogP) is 2.91. The lowest BCUT2D eigenvalue weighted by Gasteiger charge is -2.10. The van der Waals surface area contributed by atoms with E-state index in [2.05, 4.69) is 0 Å². The highest BCUT2D eigenvalue weighted by Crippen LogP contribution is 2.28. The van der Waals surface area contributed by atoms with Gasteiger partial charge >= 0.3 is 11.9 Å². The molecule has 29 heavy (non-hydrogen) atoms. The van der Waals surface area contributed by atoms with Gasteiger partial charge in [-0.1, -0.05) is 18.2 Å². The number of carbonyl (C=O) groups is 3. The van der Waals surface area contributed by atoms with Gasteiger partial charge in [0.15, 0.2) is 23.9 Å². The number of aliphatic carboxylic acids is 2. The number of hydrogen-bond acceptors (Lipinski definition) is 6. The van der Waals surface area contributed by atoms with Crippen LogP contribution in [0.25, 0.3) is 6.08 Å². The van der Waals surface area contributed by atoms with Crippen molar-refractivity contribution < 1.29 is 38.8 Å². The van der Waals surface area contributed by atoms with Crippen LogP contribution in [0.3, 0.4) is 0 Å². The van der Waals surface area contributed by atoms with Crippen molar-refractivity contribution in [1.29, 1.82) is 0 Å². The summed E-state index contributed by atoms with van der Waals surface area (Å²) in [7, 11) is 1.40. The van der Waals surface area contributed by atoms with Crippen molar-refractivity contribution in [3.63, 3.8) is 0 Å². The maximum Gasteiger partial charge on any atom is 0.341 e. The number of carboxylic acid groups (broad SMARTS) is 2. The van der Waals surface area contributed by atoms with Gasteiger partial charge < -0.3 is 24.4 Å². The van der Waals surface area contributed by atoms with Crippen LogP contribution in [0.1, 0.15) is 22.3 Å². The number of allylic oxidation sites excluding steroid dienone is 1. The molecule has 2 aromatic rings. The van der Waals surface area contributed by atoms with Crippen molar-refractivity contribution in [2.24, 2.45) is 0 Å². The number of ketones is 1. The highest BCUT2D eigenvalue weighted by Gasteiger charge is 2.11. The summed E-state index contributed by atoms with van der Waals surface area (Å²) in [5.41, 5.74) is 1.12. The van der Waals surface area contributed by atoms with Crippen molar-refractivity contribution in [3.05, 3.63) is 59.7 Å². The van der Waals surface area contributed by atoms with E-state index in [4.69, 9.17) is 24.4 Å². The Morgan fingerprint density at radius 2 is 1.66 bits per heavy atom. The summed E-state index contributed by atoms with van der Waals surface area (Å²) in [5, 5.41) is 17.3. The fourth-order valence-electron chi connectivity index (χ4n) is 2.28. The molecule has 8 heteroatoms. The molecule has 2 N–H and O–H groups in total. The summed E-state index contributed by atoms with van der Waals surface area (Å²) >= 11 is 0. The Morgan fingerprint density at radius 3 is 2.28 bits per heavy atom. The van der Waals surface area contributed by atoms with Crippen LogP contribution in [0.5, 0.6) is 17.2 Å². The molecule has 2 rings (SSSR count). The summed E-state index contributed by atoms with van der Waals surface area (Å²) in [6, 6.07) is 11.3. The maximum atomic E-state index is 12.4. The molecule has 0 aliphatic rings. The van der Waals surface area contributed by atoms with Crippen LogP contribution in [0.4, 0.5) is 0 Å². The second kappa shape index (κ2) is 10.5. The van der Waals surface area contributed by atoms with E-state index >= 15 is 0 Å². The van der Waals surface area contributed by atoms with E-state index in [1.54, 1.807) is 30.3 Å². The zero-order valence-corrected chi connectivity index (χ0v) is 15.7. The molecule has 0 heterocycles. The minimum Gasteiger partial charge on any atom is -0.493 e. The highest BCUT2D eigenvalue weighted by atomic mass is 16.5. The molecule has 0 amide bonds. The largest absolute Gasteiger partial charge is 0.493 e. The van der Waals surface area contributed by atoms with E-state index < -0.39 is 18.5 Å². The number of hydrogen-bond donors (Lipinski definition) is 2. The third kappa shape index (κ3) is 7.02. The Hall–Kier alpha value is -3.81. The number of ether oxygens (including phenoxy) is 3. The normalized spacial score (nSPS) is 10.5. The third-order valence-corrected chi connectivity index (χ3v) is 3.69. The van der Waals surface area contributed by atoms with Crippen molar-refractivity contribution in [3.8, 4) is 17.2 Å². The lowest BCUT2D eigenvalue weighted by Crippen LogP contribution is -2.10. The first-order chi connectivity index (χ1) is 13.9. The molecule has 0 fully saturated rings. The Bertz CT molecular complexity index is 899. The number of carboxylic acids is 2. The highest BCUT2D eigenvalue weighted by molar-refractivity contribution is 6.07. The monoisotopic (exact) mass is 400 g/mol. The van der Waals surface area contributed by atoms with Crippen LogP contribution in [-0.2, 0) is 9.59 Å². The average Bonchev–Trinajstić information content (AvgIpc) is 2.71. The smallest absolute Gasteiger partial charge is 0.341 e. The summed E-state index contributed by atoms with van der Waals surface area (Å²) in [4.78, 5) is 33.5. The van der Waals surface area contributed by atoms with Crippen molar-refractivity contribution >= 4 is 23.8 Å². The molecule has 0 spiro atoms. The fourth-order valence-corrected chi connectivity index (χ4v) is 2.28. The quantitative estimate of drug-likeness (QED) is 0.436. The Labute approximate surface area is 166 Å². The van der Waals surface area contributed by atoms with E-state index in [-0.39, 0.29) is 30.3 Å². The summed E-state index contributed by atoms with van der Waals surface area (Å²) in [6.45, 7) is -0.434. The molecule has 0 aliphatic carbocycles. The van der Waals surface area contributed by atoms with Gasteiger partial charge in [-0.15, -0.1) is 0 Å². The van der Waals surface area contributed by atoms with E-state index in [0.717, 1.165) is 5.56 Å². The molecule has 0 atom stereocenters. The predicted molar refractivity (Wildman–Crippen MR) is 104 cm³/mol. The molecule has 0 radical (unpaired) electrons. The Morgan fingerprint density at radius 1 is 0.931 bits per heavy atom. The second-order valence-corrected chi connectivity index (χ2v) is 5.81. The standard InChI is InChI=1S/C21H20O8/c1-27-19-12-15(5-9-18(19)29-13-21(25)26)17(22)8-4-14-2-6-16(7-3-14)28-11-10-20(23)24/h2-9,12H,10-11,13H2,1H3,(H,23,24)(H,25,26)/b8-4+. The van der Waals surface area contributed by atoms with Gasteiger partial charge in [0, 0.05) is 5.56 Å². The van der Waals surface area contributed by atoms with Crippen molar-refractivity contribution in [2.45, 2.75) is 6.42 Å². The molecule has 8 nitrogen and oxygen atoms in total. The van der Waals surface area contributed by atoms with Gasteiger partial charge in [-0.25, -0.2) is 4.79 Å². The molecular formula is C21H20O8. The molecule has 152 valence electrons. The van der Waals surface area contributed by atoms with Gasteiger partial charge in [-0.2, -0.15) is 0 Å². The molecule has 0 aromatic heterocycles. The number of benzene rings is 2. The Kier molecular flexibility index (Phi) is 7.78. The molecule has 0 aliphatic heterocycles. The van der Waals surface area contributed by atoms with E-state index in [1.165, 1.54) is 31.4 Å². The molecule has 2 aromatic carbocycles. The van der Waals surface area contributed by atoms with E-state index in [1.807, 2.05) is 0 Å². The van der Waals surface area contributed by atoms with E-state index in [0.29, 0.717) is 11.3 Å². The maximum absolute atomic E-state index is 12.4. The zero-order valence-electron chi connectivity index (χ0n) is 15.7. The summed E-state index contributed by atoms with van der Waals surface area (Å²) < 4.78 is 15.6. The minimum absolute atomic E-state index is 0.0804. The fraction of sp³-hybridized carbons (Fsp3) is 0.190. The summed E-state index contributed by atoms with van der Waals surface area (Å²) in [5.74, 6) is -1.29. The first-order valence-corrected chi connectivity index (χ1v) is 8.58. The number of carbonyl (C=O) groups excluding carboxylic acids is 1. The number of rotatable bonds is 11. The van der Waals surface area contributed by atoms with Crippen LogP contribution in [-0.4, -0.2) is 48.3 Å². The van der Waals surface area contributed by atoms with Gasteiger partial charge in [0.25, 0.3) is 0 Å². The number of methoxy groups -OCH3 is 1. The minimum atomic E-state index is -1.12. The van der Waals surface area contributed by atoms with Gasteiger partial charge in [-0.3, -0.25) is 9.59 Å². The lowest BCUT2D eigenvalue weighted by molar-refractivity contribution is -0.139. The first kappa shape index (κ1) is 21.5. The topological polar surface area (TPSA) is 119 Å². The van der Waals surface area contributed by atoms with Crippen LogP contribution in [0, 0.1) is 0 Å². The van der Waals surface area contributed by atoms with Gasteiger partial charge in [0.1, 0.15) is 5.75 Å². The molecule has 0 saturated carbocycles. The average molecular weight is 400 g/mol. The first-order valence-electron chi connectivity index (χ1n) is 8.58. The van der Waals surface area contributed by atoms with Gasteiger partial charge in [-0.05, 0) is 42.0 Å². The van der Waals surface area contributed by atoms with E-state index in [9.17, 15) is 14.4 Å². The molecule has 0 unspecified atom stereocenters. The summed E-state index contributed by atoms with van der Waals surface area (Å²) in [6.07, 6.45) is 2.94. The Balaban J connectivity index is 2.00. The van der Waals surface area contributed by atoms with Gasteiger partial charge in [0.05, 0.1) is 20.1 Å². The third-order valence-electron chi connectivity index (χ3n) is 3.69. The zero-order chi connectivity index (χ0) is 21.2. The van der Waals surface area contributed by atoms with Gasteiger partial charge in [0.2, 0.25) is 0 Å². The molecule has 0 saturated heterocycles. The molecular weight excluding hydrogens is 380 g/mol. The van der Waals surface area contributed by atoms with Crippen LogP contribution in [0.15, 0.2) is 48.5 Å². The SMILES string of the molecule is COc1cc(C(=O)/C=C/c2ccc(OCCC(=O)O)cc2)ccc1OCC(=O)O. The van der Waals surface area contributed by atoms with Crippen molar-refractivity contribution in [2.75, 3.05) is 20.3 Å². The second-order valence-electron chi connectivity index (χ2n) is 5.81. The van der Waals surface area contributed by atoms with Crippen molar-refractivity contribution in [1.82, 2.24) is 0 Å². The lowest BCUT2D eigenvalue weighted by atomic mass is 10.1.